The second-order valence-corrected chi connectivity index (χ2v) is 12.3. The van der Waals surface area contributed by atoms with Crippen molar-refractivity contribution >= 4 is 43.4 Å². The molecule has 0 bridgehead atoms. The molecule has 0 atom stereocenters. The minimum absolute atomic E-state index is 0. The molecule has 0 aliphatic carbocycles. The van der Waals surface area contributed by atoms with Crippen LogP contribution < -0.4 is 0 Å². The molecular weight excluding hydrogens is 782 g/mol. The molecule has 0 saturated carbocycles. The van der Waals surface area contributed by atoms with Gasteiger partial charge in [-0.3, -0.25) is 4.98 Å². The Balaban J connectivity index is 0.00000324. The summed E-state index contributed by atoms with van der Waals surface area (Å²) in [6.07, 6.45) is 9.41. The Morgan fingerprint density at radius 1 is 0.681 bits per heavy atom. The first-order chi connectivity index (χ1) is 22.6. The molecule has 0 radical (unpaired) electrons. The summed E-state index contributed by atoms with van der Waals surface area (Å²) in [4.78, 5) is 19.0. The molecule has 0 aliphatic rings. The minimum Gasteiger partial charge on any atom is -0.345 e. The van der Waals surface area contributed by atoms with Gasteiger partial charge in [0.05, 0.1) is 11.3 Å². The summed E-state index contributed by atoms with van der Waals surface area (Å²) in [6.45, 7) is 0. The third kappa shape index (κ3) is 4.84. The Hall–Kier alpha value is -5.17. The van der Waals surface area contributed by atoms with Gasteiger partial charge in [0.15, 0.2) is 0 Å². The Kier molecular flexibility index (Phi) is 7.20. The SMILES string of the molecule is Cn1ccnc1-c1ccc2c(c1)c1ccc(-c3nc4ccccc4s3)[c-]c1n2-c1[c-]c(-c2ccccn2)ccc1-c1nccn1C.[Pt+2]. The molecule has 4 aromatic carbocycles. The van der Waals surface area contributed by atoms with Crippen LogP contribution in [0.5, 0.6) is 0 Å². The van der Waals surface area contributed by atoms with E-state index in [4.69, 9.17) is 9.97 Å². The number of thiazole rings is 1. The van der Waals surface area contributed by atoms with E-state index in [-0.39, 0.29) is 21.1 Å². The number of fused-ring (bicyclic) bond motifs is 4. The Morgan fingerprint density at radius 3 is 2.23 bits per heavy atom. The molecule has 0 spiro atoms. The molecule has 0 aliphatic heterocycles. The molecule has 0 amide bonds. The van der Waals surface area contributed by atoms with Crippen molar-refractivity contribution in [2.45, 2.75) is 0 Å². The Bertz CT molecular complexity index is 2540. The van der Waals surface area contributed by atoms with Crippen LogP contribution in [0.3, 0.4) is 0 Å². The molecule has 0 N–H and O–H groups in total. The van der Waals surface area contributed by atoms with Gasteiger partial charge in [-0.1, -0.05) is 35.7 Å². The van der Waals surface area contributed by atoms with Crippen molar-refractivity contribution in [3.05, 3.63) is 128 Å². The number of pyridine rings is 1. The zero-order valence-electron chi connectivity index (χ0n) is 25.3. The summed E-state index contributed by atoms with van der Waals surface area (Å²) >= 11 is 1.68. The van der Waals surface area contributed by atoms with E-state index in [9.17, 15) is 0 Å². The van der Waals surface area contributed by atoms with E-state index in [0.717, 1.165) is 82.3 Å². The van der Waals surface area contributed by atoms with Gasteiger partial charge >= 0.3 is 21.1 Å². The minimum atomic E-state index is 0. The largest absolute Gasteiger partial charge is 2.00 e. The number of nitrogens with zero attached hydrogens (tertiary/aromatic N) is 7. The molecule has 0 fully saturated rings. The van der Waals surface area contributed by atoms with E-state index < -0.39 is 0 Å². The fourth-order valence-corrected chi connectivity index (χ4v) is 7.15. The summed E-state index contributed by atoms with van der Waals surface area (Å²) in [6, 6.07) is 36.8. The molecule has 9 rings (SSSR count). The summed E-state index contributed by atoms with van der Waals surface area (Å²) < 4.78 is 7.50. The van der Waals surface area contributed by atoms with Crippen molar-refractivity contribution < 1.29 is 21.1 Å². The number of rotatable bonds is 5. The third-order valence-corrected chi connectivity index (χ3v) is 9.50. The zero-order chi connectivity index (χ0) is 30.8. The summed E-state index contributed by atoms with van der Waals surface area (Å²) in [7, 11) is 4.03. The second kappa shape index (κ2) is 11.6. The van der Waals surface area contributed by atoms with Gasteiger partial charge in [0.25, 0.3) is 0 Å². The first kappa shape index (κ1) is 29.2. The number of aryl methyl sites for hydroxylation is 2. The van der Waals surface area contributed by atoms with Gasteiger partial charge < -0.3 is 18.7 Å². The predicted molar refractivity (Wildman–Crippen MR) is 185 cm³/mol. The summed E-state index contributed by atoms with van der Waals surface area (Å²) in [5.74, 6) is 1.76. The molecule has 0 unspecified atom stereocenters. The van der Waals surface area contributed by atoms with Crippen molar-refractivity contribution in [3.63, 3.8) is 0 Å². The van der Waals surface area contributed by atoms with Crippen LogP contribution in [0.1, 0.15) is 0 Å². The van der Waals surface area contributed by atoms with E-state index in [0.29, 0.717) is 0 Å². The first-order valence-corrected chi connectivity index (χ1v) is 15.7. The van der Waals surface area contributed by atoms with E-state index in [2.05, 4.69) is 87.3 Å². The normalized spacial score (nSPS) is 11.4. The molecule has 5 aromatic heterocycles. The van der Waals surface area contributed by atoms with Gasteiger partial charge in [0.1, 0.15) is 5.82 Å². The van der Waals surface area contributed by atoms with Crippen LogP contribution in [0.25, 0.3) is 82.3 Å². The quantitative estimate of drug-likeness (QED) is 0.164. The number of hydrogen-bond acceptors (Lipinski definition) is 5. The van der Waals surface area contributed by atoms with E-state index in [1.54, 1.807) is 11.3 Å². The van der Waals surface area contributed by atoms with Gasteiger partial charge in [0.2, 0.25) is 0 Å². The van der Waals surface area contributed by atoms with E-state index in [1.807, 2.05) is 78.5 Å². The molecule has 228 valence electrons. The van der Waals surface area contributed by atoms with Crippen molar-refractivity contribution in [2.24, 2.45) is 14.1 Å². The predicted octanol–water partition coefficient (Wildman–Crippen LogP) is 8.52. The molecule has 47 heavy (non-hydrogen) atoms. The van der Waals surface area contributed by atoms with Crippen molar-refractivity contribution in [1.29, 1.82) is 0 Å². The number of benzene rings is 4. The van der Waals surface area contributed by atoms with Crippen LogP contribution in [0.4, 0.5) is 0 Å². The van der Waals surface area contributed by atoms with Crippen LogP contribution in [0, 0.1) is 12.1 Å². The van der Waals surface area contributed by atoms with E-state index >= 15 is 0 Å². The van der Waals surface area contributed by atoms with Crippen LogP contribution >= 0.6 is 11.3 Å². The second-order valence-electron chi connectivity index (χ2n) is 11.3. The van der Waals surface area contributed by atoms with Gasteiger partial charge in [-0.05, 0) is 58.2 Å². The average molecular weight is 807 g/mol. The average Bonchev–Trinajstić information content (AvgIpc) is 3.89. The molecule has 9 heteroatoms. The number of para-hydroxylation sites is 1. The smallest absolute Gasteiger partial charge is 0.345 e. The Labute approximate surface area is 289 Å². The van der Waals surface area contributed by atoms with Crippen molar-refractivity contribution in [1.82, 2.24) is 33.6 Å². The first-order valence-electron chi connectivity index (χ1n) is 14.9. The monoisotopic (exact) mass is 806 g/mol. The van der Waals surface area contributed by atoms with Gasteiger partial charge in [-0.2, -0.15) is 11.3 Å². The van der Waals surface area contributed by atoms with Gasteiger partial charge in [-0.25, -0.2) is 9.97 Å². The topological polar surface area (TPSA) is 66.3 Å². The van der Waals surface area contributed by atoms with Gasteiger partial charge in [-0.15, -0.1) is 47.5 Å². The van der Waals surface area contributed by atoms with Crippen molar-refractivity contribution in [2.75, 3.05) is 0 Å². The third-order valence-electron chi connectivity index (χ3n) is 8.43. The fraction of sp³-hybridized carbons (Fsp3) is 0.0526. The maximum atomic E-state index is 4.96. The molecular formula is C38H25N7PtS. The number of aromatic nitrogens is 7. The van der Waals surface area contributed by atoms with Crippen molar-refractivity contribution in [3.8, 4) is 50.3 Å². The van der Waals surface area contributed by atoms with Crippen LogP contribution in [0.15, 0.2) is 116 Å². The van der Waals surface area contributed by atoms with E-state index in [1.165, 1.54) is 0 Å². The van der Waals surface area contributed by atoms with Gasteiger partial charge in [0, 0.05) is 65.9 Å². The molecule has 7 nitrogen and oxygen atoms in total. The van der Waals surface area contributed by atoms with Crippen LogP contribution in [-0.4, -0.2) is 33.6 Å². The molecule has 9 aromatic rings. The molecule has 0 saturated heterocycles. The van der Waals surface area contributed by atoms with Crippen LogP contribution in [-0.2, 0) is 35.2 Å². The number of imidazole rings is 2. The standard InChI is InChI=1S/C38H25N7S.Pt/c1-43-19-17-40-36(43)25-12-15-32-29(21-25)27-13-11-26(38-42-31-8-3-4-9-35(31)46-38)23-33(27)45(32)34-22-24(30-7-5-6-16-39-30)10-14-28(34)37-41-18-20-44(37)2;/h3-21H,1-2H3;/q-2;+2. The Morgan fingerprint density at radius 2 is 1.47 bits per heavy atom. The maximum absolute atomic E-state index is 4.96. The van der Waals surface area contributed by atoms with Crippen LogP contribution in [0.2, 0.25) is 0 Å². The fourth-order valence-electron chi connectivity index (χ4n) is 6.21. The maximum Gasteiger partial charge on any atom is 2.00 e. The summed E-state index contributed by atoms with van der Waals surface area (Å²) in [5.41, 5.74) is 8.54. The number of hydrogen-bond donors (Lipinski definition) is 0. The zero-order valence-corrected chi connectivity index (χ0v) is 28.4. The summed E-state index contributed by atoms with van der Waals surface area (Å²) in [5, 5.41) is 3.12. The molecule has 5 heterocycles.